The first-order valence-electron chi connectivity index (χ1n) is 8.76. The lowest BCUT2D eigenvalue weighted by atomic mass is 10.1. The van der Waals surface area contributed by atoms with E-state index in [9.17, 15) is 9.18 Å². The van der Waals surface area contributed by atoms with Crippen LogP contribution in [0.1, 0.15) is 30.3 Å². The first kappa shape index (κ1) is 18.6. The number of rotatable bonds is 5. The van der Waals surface area contributed by atoms with Crippen molar-refractivity contribution in [2.24, 2.45) is 0 Å². The molecule has 1 saturated heterocycles. The Bertz CT molecular complexity index is 1010. The molecule has 0 aliphatic carbocycles. The molecule has 2 aromatic carbocycles. The van der Waals surface area contributed by atoms with Crippen LogP contribution in [-0.4, -0.2) is 28.1 Å². The molecule has 1 fully saturated rings. The Morgan fingerprint density at radius 2 is 2.07 bits per heavy atom. The summed E-state index contributed by atoms with van der Waals surface area (Å²) in [6.45, 7) is 0.156. The molecule has 3 aromatic rings. The molecule has 0 saturated carbocycles. The number of hydrogen-bond acceptors (Lipinski definition) is 5. The molecule has 1 aromatic heterocycles. The average molecular weight is 446 g/mol. The van der Waals surface area contributed by atoms with E-state index in [1.165, 1.54) is 6.07 Å². The number of aromatic nitrogens is 2. The lowest BCUT2D eigenvalue weighted by Gasteiger charge is -2.22. The highest BCUT2D eigenvalue weighted by molar-refractivity contribution is 9.10. The molecule has 8 heteroatoms. The van der Waals surface area contributed by atoms with Crippen LogP contribution in [-0.2, 0) is 11.3 Å². The molecule has 28 heavy (non-hydrogen) atoms. The van der Waals surface area contributed by atoms with Crippen LogP contribution in [0.5, 0.6) is 5.75 Å². The number of nitrogens with zero attached hydrogens (tertiary/aromatic N) is 3. The average Bonchev–Trinajstić information content (AvgIpc) is 3.31. The van der Waals surface area contributed by atoms with Crippen LogP contribution in [0.3, 0.4) is 0 Å². The standard InChI is InChI=1S/C20H17BrFN3O3/c1-27-15-6-3-12(4-7-15)19-23-20(28-24-19)17-8-9-18(26)25(17)11-13-2-5-14(21)10-16(13)22/h2-7,10,17H,8-9,11H2,1H3. The van der Waals surface area contributed by atoms with Gasteiger partial charge in [-0.15, -0.1) is 0 Å². The molecule has 0 radical (unpaired) electrons. The number of halogens is 2. The maximum Gasteiger partial charge on any atom is 0.249 e. The molecule has 1 aliphatic rings. The molecule has 1 unspecified atom stereocenters. The van der Waals surface area contributed by atoms with E-state index in [2.05, 4.69) is 26.1 Å². The zero-order valence-electron chi connectivity index (χ0n) is 15.1. The monoisotopic (exact) mass is 445 g/mol. The maximum absolute atomic E-state index is 14.2. The van der Waals surface area contributed by atoms with E-state index in [1.54, 1.807) is 24.1 Å². The largest absolute Gasteiger partial charge is 0.497 e. The highest BCUT2D eigenvalue weighted by atomic mass is 79.9. The molecule has 0 spiro atoms. The zero-order valence-corrected chi connectivity index (χ0v) is 16.6. The van der Waals surface area contributed by atoms with E-state index in [4.69, 9.17) is 9.26 Å². The summed E-state index contributed by atoms with van der Waals surface area (Å²) in [4.78, 5) is 18.4. The van der Waals surface area contributed by atoms with Crippen LogP contribution >= 0.6 is 15.9 Å². The fourth-order valence-corrected chi connectivity index (χ4v) is 3.58. The fourth-order valence-electron chi connectivity index (χ4n) is 3.25. The summed E-state index contributed by atoms with van der Waals surface area (Å²) in [6.07, 6.45) is 0.921. The van der Waals surface area contributed by atoms with Crippen molar-refractivity contribution in [1.82, 2.24) is 15.0 Å². The lowest BCUT2D eigenvalue weighted by Crippen LogP contribution is -2.27. The topological polar surface area (TPSA) is 68.5 Å². The van der Waals surface area contributed by atoms with Crippen molar-refractivity contribution in [3.63, 3.8) is 0 Å². The summed E-state index contributed by atoms with van der Waals surface area (Å²) in [7, 11) is 1.60. The second kappa shape index (κ2) is 7.71. The maximum atomic E-state index is 14.2. The predicted octanol–water partition coefficient (Wildman–Crippen LogP) is 4.51. The van der Waals surface area contributed by atoms with Crippen molar-refractivity contribution < 1.29 is 18.4 Å². The molecule has 1 atom stereocenters. The van der Waals surface area contributed by atoms with Crippen LogP contribution in [0.4, 0.5) is 4.39 Å². The zero-order chi connectivity index (χ0) is 19.7. The highest BCUT2D eigenvalue weighted by Gasteiger charge is 2.36. The number of carbonyl (C=O) groups is 1. The van der Waals surface area contributed by atoms with Gasteiger partial charge in [0.15, 0.2) is 0 Å². The molecule has 0 N–H and O–H groups in total. The van der Waals surface area contributed by atoms with Gasteiger partial charge in [0.1, 0.15) is 17.6 Å². The molecule has 2 heterocycles. The molecular weight excluding hydrogens is 429 g/mol. The number of ether oxygens (including phenoxy) is 1. The minimum absolute atomic E-state index is 0.0588. The normalized spacial score (nSPS) is 16.6. The number of hydrogen-bond donors (Lipinski definition) is 0. The fraction of sp³-hybridized carbons (Fsp3) is 0.250. The Hall–Kier alpha value is -2.74. The number of likely N-dealkylation sites (tertiary alicyclic amines) is 1. The minimum Gasteiger partial charge on any atom is -0.497 e. The van der Waals surface area contributed by atoms with E-state index in [1.807, 2.05) is 24.3 Å². The Kier molecular flexibility index (Phi) is 5.13. The van der Waals surface area contributed by atoms with Crippen molar-refractivity contribution in [1.29, 1.82) is 0 Å². The summed E-state index contributed by atoms with van der Waals surface area (Å²) >= 11 is 3.24. The smallest absolute Gasteiger partial charge is 0.249 e. The van der Waals surface area contributed by atoms with Gasteiger partial charge in [0, 0.05) is 28.6 Å². The van der Waals surface area contributed by atoms with Crippen LogP contribution in [0.2, 0.25) is 0 Å². The number of carbonyl (C=O) groups excluding carboxylic acids is 1. The summed E-state index contributed by atoms with van der Waals surface area (Å²) in [5.41, 5.74) is 1.23. The second-order valence-corrected chi connectivity index (χ2v) is 7.41. The first-order chi connectivity index (χ1) is 13.5. The minimum atomic E-state index is -0.366. The molecule has 1 amide bonds. The quantitative estimate of drug-likeness (QED) is 0.577. The Morgan fingerprint density at radius 1 is 1.29 bits per heavy atom. The van der Waals surface area contributed by atoms with Gasteiger partial charge >= 0.3 is 0 Å². The Labute approximate surface area is 169 Å². The van der Waals surface area contributed by atoms with Crippen molar-refractivity contribution >= 4 is 21.8 Å². The summed E-state index contributed by atoms with van der Waals surface area (Å²) < 4.78 is 25.5. The summed E-state index contributed by atoms with van der Waals surface area (Å²) in [5.74, 6) is 1.10. The molecule has 6 nitrogen and oxygen atoms in total. The van der Waals surface area contributed by atoms with Crippen LogP contribution in [0, 0.1) is 5.82 Å². The lowest BCUT2D eigenvalue weighted by molar-refractivity contribution is -0.130. The number of amides is 1. The van der Waals surface area contributed by atoms with Crippen LogP contribution < -0.4 is 4.74 Å². The molecular formula is C20H17BrFN3O3. The van der Waals surface area contributed by atoms with Crippen molar-refractivity contribution in [2.45, 2.75) is 25.4 Å². The first-order valence-corrected chi connectivity index (χ1v) is 9.56. The Balaban J connectivity index is 1.57. The van der Waals surface area contributed by atoms with E-state index in [-0.39, 0.29) is 24.3 Å². The number of methoxy groups -OCH3 is 1. The Morgan fingerprint density at radius 3 is 2.79 bits per heavy atom. The van der Waals surface area contributed by atoms with E-state index < -0.39 is 0 Å². The predicted molar refractivity (Wildman–Crippen MR) is 103 cm³/mol. The van der Waals surface area contributed by atoms with Gasteiger partial charge in [-0.25, -0.2) is 4.39 Å². The molecule has 1 aliphatic heterocycles. The van der Waals surface area contributed by atoms with Crippen LogP contribution in [0.25, 0.3) is 11.4 Å². The van der Waals surface area contributed by atoms with Gasteiger partial charge < -0.3 is 14.2 Å². The SMILES string of the molecule is COc1ccc(-c2noc(C3CCC(=O)N3Cc3ccc(Br)cc3F)n2)cc1. The van der Waals surface area contributed by atoms with Gasteiger partial charge in [0.05, 0.1) is 7.11 Å². The van der Waals surface area contributed by atoms with Crippen molar-refractivity contribution in [3.05, 3.63) is 64.2 Å². The van der Waals surface area contributed by atoms with Gasteiger partial charge in [-0.3, -0.25) is 4.79 Å². The van der Waals surface area contributed by atoms with Gasteiger partial charge in [-0.05, 0) is 42.8 Å². The third-order valence-corrected chi connectivity index (χ3v) is 5.25. The van der Waals surface area contributed by atoms with Crippen LogP contribution in [0.15, 0.2) is 51.5 Å². The van der Waals surface area contributed by atoms with Gasteiger partial charge in [-0.2, -0.15) is 4.98 Å². The third kappa shape index (κ3) is 3.64. The van der Waals surface area contributed by atoms with E-state index in [0.717, 1.165) is 11.3 Å². The van der Waals surface area contributed by atoms with Crippen molar-refractivity contribution in [3.8, 4) is 17.1 Å². The van der Waals surface area contributed by atoms with Gasteiger partial charge in [0.2, 0.25) is 17.6 Å². The van der Waals surface area contributed by atoms with E-state index >= 15 is 0 Å². The second-order valence-electron chi connectivity index (χ2n) is 6.50. The van der Waals surface area contributed by atoms with E-state index in [0.29, 0.717) is 34.6 Å². The third-order valence-electron chi connectivity index (χ3n) is 4.76. The molecule has 0 bridgehead atoms. The summed E-state index contributed by atoms with van der Waals surface area (Å²) in [5, 5.41) is 4.04. The van der Waals surface area contributed by atoms with Gasteiger partial charge in [-0.1, -0.05) is 27.2 Å². The summed E-state index contributed by atoms with van der Waals surface area (Å²) in [6, 6.07) is 11.7. The number of benzene rings is 2. The van der Waals surface area contributed by atoms with Crippen molar-refractivity contribution in [2.75, 3.05) is 7.11 Å². The molecule has 4 rings (SSSR count). The van der Waals surface area contributed by atoms with Gasteiger partial charge in [0.25, 0.3) is 0 Å². The molecule has 144 valence electrons. The highest BCUT2D eigenvalue weighted by Crippen LogP contribution is 2.34.